The molecule has 1 spiro atoms. The summed E-state index contributed by atoms with van der Waals surface area (Å²) in [5.74, 6) is -1.41. The lowest BCUT2D eigenvalue weighted by Crippen LogP contribution is -2.40. The van der Waals surface area contributed by atoms with Gasteiger partial charge < -0.3 is 14.4 Å². The van der Waals surface area contributed by atoms with Crippen molar-refractivity contribution in [2.75, 3.05) is 18.1 Å². The molecule has 5 nitrogen and oxygen atoms in total. The number of hydrogen-bond acceptors (Lipinski definition) is 4. The van der Waals surface area contributed by atoms with E-state index in [1.54, 1.807) is 11.8 Å². The molecule has 2 bridgehead atoms. The largest absolute Gasteiger partial charge is 0.466 e. The van der Waals surface area contributed by atoms with Crippen LogP contribution in [0.1, 0.15) is 19.4 Å². The quantitative estimate of drug-likeness (QED) is 0.628. The summed E-state index contributed by atoms with van der Waals surface area (Å²) in [7, 11) is 0. The van der Waals surface area contributed by atoms with Gasteiger partial charge in [-0.3, -0.25) is 9.59 Å². The number of amides is 1. The number of nitrogens with zero attached hydrogens (tertiary/aromatic N) is 1. The van der Waals surface area contributed by atoms with Crippen LogP contribution in [-0.4, -0.2) is 36.7 Å². The van der Waals surface area contributed by atoms with Gasteiger partial charge >= 0.3 is 5.97 Å². The first kappa shape index (κ1) is 15.4. The number of rotatable bonds is 4. The molecular formula is C19H21NO4. The van der Waals surface area contributed by atoms with Crippen LogP contribution in [0.2, 0.25) is 0 Å². The Morgan fingerprint density at radius 2 is 2.17 bits per heavy atom. The van der Waals surface area contributed by atoms with Crippen LogP contribution in [0.3, 0.4) is 0 Å². The minimum atomic E-state index is -0.694. The van der Waals surface area contributed by atoms with Gasteiger partial charge in [-0.25, -0.2) is 0 Å². The molecule has 1 amide bonds. The lowest BCUT2D eigenvalue weighted by molar-refractivity contribution is -0.151. The van der Waals surface area contributed by atoms with Gasteiger partial charge in [0.2, 0.25) is 5.91 Å². The third-order valence-electron chi connectivity index (χ3n) is 5.32. The number of hydrogen-bond donors (Lipinski definition) is 0. The topological polar surface area (TPSA) is 55.8 Å². The summed E-state index contributed by atoms with van der Waals surface area (Å²) in [6, 6.07) is 7.91. The van der Waals surface area contributed by atoms with Gasteiger partial charge in [-0.15, -0.1) is 0 Å². The zero-order valence-corrected chi connectivity index (χ0v) is 13.9. The molecule has 126 valence electrons. The number of fused-ring (bicyclic) bond motifs is 1. The number of esters is 1. The van der Waals surface area contributed by atoms with E-state index >= 15 is 0 Å². The molecule has 0 aromatic heterocycles. The molecule has 0 aliphatic carbocycles. The number of carbonyl (C=O) groups is 2. The number of para-hydroxylation sites is 1. The third-order valence-corrected chi connectivity index (χ3v) is 5.32. The average molecular weight is 327 g/mol. The van der Waals surface area contributed by atoms with Crippen molar-refractivity contribution >= 4 is 17.6 Å². The first-order valence-corrected chi connectivity index (χ1v) is 8.54. The Hall–Kier alpha value is -2.14. The Balaban J connectivity index is 1.71. The van der Waals surface area contributed by atoms with Crippen molar-refractivity contribution in [1.29, 1.82) is 0 Å². The Kier molecular flexibility index (Phi) is 3.49. The predicted molar refractivity (Wildman–Crippen MR) is 88.5 cm³/mol. The van der Waals surface area contributed by atoms with E-state index in [0.29, 0.717) is 13.2 Å². The highest BCUT2D eigenvalue weighted by molar-refractivity contribution is 6.03. The van der Waals surface area contributed by atoms with E-state index < -0.39 is 17.4 Å². The minimum absolute atomic E-state index is 0.0409. The first-order valence-electron chi connectivity index (χ1n) is 8.54. The van der Waals surface area contributed by atoms with Gasteiger partial charge in [-0.05, 0) is 25.0 Å². The maximum Gasteiger partial charge on any atom is 0.312 e. The molecule has 4 rings (SSSR count). The molecule has 3 heterocycles. The van der Waals surface area contributed by atoms with Gasteiger partial charge in [0.25, 0.3) is 0 Å². The molecule has 2 saturated heterocycles. The summed E-state index contributed by atoms with van der Waals surface area (Å²) in [5.41, 5.74) is 1.34. The molecule has 5 heteroatoms. The molecule has 1 aromatic carbocycles. The lowest BCUT2D eigenvalue weighted by Gasteiger charge is -2.23. The van der Waals surface area contributed by atoms with E-state index in [1.165, 1.54) is 0 Å². The normalized spacial score (nSPS) is 33.2. The Morgan fingerprint density at radius 1 is 1.38 bits per heavy atom. The maximum atomic E-state index is 13.2. The van der Waals surface area contributed by atoms with Crippen LogP contribution in [0.4, 0.5) is 5.69 Å². The van der Waals surface area contributed by atoms with Crippen LogP contribution in [0.15, 0.2) is 36.4 Å². The fraction of sp³-hybridized carbons (Fsp3) is 0.474. The Morgan fingerprint density at radius 3 is 2.92 bits per heavy atom. The van der Waals surface area contributed by atoms with Gasteiger partial charge in [0.1, 0.15) is 11.5 Å². The van der Waals surface area contributed by atoms with Crippen molar-refractivity contribution in [3.05, 3.63) is 42.0 Å². The summed E-state index contributed by atoms with van der Waals surface area (Å²) < 4.78 is 11.3. The van der Waals surface area contributed by atoms with E-state index in [9.17, 15) is 9.59 Å². The second-order valence-electron chi connectivity index (χ2n) is 6.56. The van der Waals surface area contributed by atoms with Gasteiger partial charge in [-0.1, -0.05) is 37.3 Å². The van der Waals surface area contributed by atoms with Crippen molar-refractivity contribution in [2.45, 2.75) is 32.0 Å². The Bertz CT molecular complexity index is 728. The van der Waals surface area contributed by atoms with Crippen molar-refractivity contribution in [1.82, 2.24) is 0 Å². The summed E-state index contributed by atoms with van der Waals surface area (Å²) in [5, 5.41) is 0. The SMILES string of the molecule is CCOC(=O)C1[C@H]2C=CC3(CN(c4ccccc4CC)C(=O)[C@@H]13)O2. The highest BCUT2D eigenvalue weighted by atomic mass is 16.6. The molecule has 2 unspecified atom stereocenters. The molecule has 1 aromatic rings. The standard InChI is InChI=1S/C19H21NO4/c1-3-12-7-5-6-8-13(12)20-11-19-10-9-14(24-19)15(16(19)17(20)21)18(22)23-4-2/h5-10,14-16H,3-4,11H2,1-2H3/t14-,15?,16-,19?/m1/s1. The maximum absolute atomic E-state index is 13.2. The van der Waals surface area contributed by atoms with Gasteiger partial charge in [0, 0.05) is 5.69 Å². The lowest BCUT2D eigenvalue weighted by atomic mass is 9.77. The van der Waals surface area contributed by atoms with Gasteiger partial charge in [-0.2, -0.15) is 0 Å². The van der Waals surface area contributed by atoms with Crippen molar-refractivity contribution < 1.29 is 19.1 Å². The minimum Gasteiger partial charge on any atom is -0.466 e. The molecule has 2 fully saturated rings. The van der Waals surface area contributed by atoms with E-state index in [0.717, 1.165) is 17.7 Å². The molecule has 4 atom stereocenters. The molecule has 3 aliphatic heterocycles. The monoisotopic (exact) mass is 327 g/mol. The zero-order valence-electron chi connectivity index (χ0n) is 13.9. The molecule has 0 radical (unpaired) electrons. The molecule has 0 N–H and O–H groups in total. The summed E-state index contributed by atoms with van der Waals surface area (Å²) in [4.78, 5) is 27.3. The van der Waals surface area contributed by atoms with Crippen LogP contribution in [0.5, 0.6) is 0 Å². The van der Waals surface area contributed by atoms with Crippen LogP contribution < -0.4 is 4.90 Å². The fourth-order valence-electron chi connectivity index (χ4n) is 4.28. The first-order chi connectivity index (χ1) is 11.6. The van der Waals surface area contributed by atoms with Crippen molar-refractivity contribution in [3.8, 4) is 0 Å². The van der Waals surface area contributed by atoms with Crippen molar-refractivity contribution in [2.24, 2.45) is 11.8 Å². The second-order valence-corrected chi connectivity index (χ2v) is 6.56. The van der Waals surface area contributed by atoms with Gasteiger partial charge in [0.05, 0.1) is 25.2 Å². The third kappa shape index (κ3) is 1.97. The molecule has 3 aliphatic rings. The van der Waals surface area contributed by atoms with E-state index in [-0.39, 0.29) is 18.0 Å². The Labute approximate surface area is 141 Å². The summed E-state index contributed by atoms with van der Waals surface area (Å²) in [6.45, 7) is 4.61. The van der Waals surface area contributed by atoms with Crippen LogP contribution in [-0.2, 0) is 25.5 Å². The highest BCUT2D eigenvalue weighted by Gasteiger charge is 2.67. The van der Waals surface area contributed by atoms with E-state index in [2.05, 4.69) is 6.92 Å². The second kappa shape index (κ2) is 5.45. The van der Waals surface area contributed by atoms with Crippen LogP contribution >= 0.6 is 0 Å². The average Bonchev–Trinajstić information content (AvgIpc) is 3.23. The van der Waals surface area contributed by atoms with E-state index in [4.69, 9.17) is 9.47 Å². The molecular weight excluding hydrogens is 306 g/mol. The predicted octanol–water partition coefficient (Wildman–Crippen LogP) is 2.10. The van der Waals surface area contributed by atoms with Gasteiger partial charge in [0.15, 0.2) is 0 Å². The number of ether oxygens (including phenoxy) is 2. The number of aryl methyl sites for hydroxylation is 1. The zero-order chi connectivity index (χ0) is 16.9. The number of benzene rings is 1. The summed E-state index contributed by atoms with van der Waals surface area (Å²) >= 11 is 0. The number of anilines is 1. The molecule has 0 saturated carbocycles. The number of carbonyl (C=O) groups excluding carboxylic acids is 2. The van der Waals surface area contributed by atoms with E-state index in [1.807, 2.05) is 36.4 Å². The smallest absolute Gasteiger partial charge is 0.312 e. The van der Waals surface area contributed by atoms with Crippen LogP contribution in [0.25, 0.3) is 0 Å². The fourth-order valence-corrected chi connectivity index (χ4v) is 4.28. The van der Waals surface area contributed by atoms with Crippen molar-refractivity contribution in [3.63, 3.8) is 0 Å². The highest BCUT2D eigenvalue weighted by Crippen LogP contribution is 2.53. The summed E-state index contributed by atoms with van der Waals surface area (Å²) in [6.07, 6.45) is 4.37. The molecule has 24 heavy (non-hydrogen) atoms. The van der Waals surface area contributed by atoms with Crippen LogP contribution in [0, 0.1) is 11.8 Å².